The summed E-state index contributed by atoms with van der Waals surface area (Å²) in [5.41, 5.74) is 1.09. The highest BCUT2D eigenvalue weighted by atomic mass is 16.2. The van der Waals surface area contributed by atoms with Crippen LogP contribution in [0.3, 0.4) is 0 Å². The first-order chi connectivity index (χ1) is 11.6. The smallest absolute Gasteiger partial charge is 0.228 e. The zero-order chi connectivity index (χ0) is 17.5. The van der Waals surface area contributed by atoms with E-state index in [0.717, 1.165) is 18.4 Å². The SMILES string of the molecule is C=CCN(Cc1ccccc1)C(=O)C1CC(=O)N(C(CC)CC)C1. The fourth-order valence-electron chi connectivity index (χ4n) is 3.43. The van der Waals surface area contributed by atoms with Gasteiger partial charge >= 0.3 is 0 Å². The van der Waals surface area contributed by atoms with Gasteiger partial charge in [-0.2, -0.15) is 0 Å². The second-order valence-corrected chi connectivity index (χ2v) is 6.41. The molecule has 1 heterocycles. The Hall–Kier alpha value is -2.10. The number of hydrogen-bond donors (Lipinski definition) is 0. The Morgan fingerprint density at radius 1 is 1.33 bits per heavy atom. The molecule has 0 aromatic heterocycles. The van der Waals surface area contributed by atoms with Gasteiger partial charge < -0.3 is 9.80 Å². The van der Waals surface area contributed by atoms with Crippen molar-refractivity contribution in [3.8, 4) is 0 Å². The normalized spacial score (nSPS) is 17.4. The highest BCUT2D eigenvalue weighted by Gasteiger charge is 2.38. The van der Waals surface area contributed by atoms with Crippen molar-refractivity contribution in [2.45, 2.75) is 45.7 Å². The van der Waals surface area contributed by atoms with Crippen LogP contribution in [0.2, 0.25) is 0 Å². The summed E-state index contributed by atoms with van der Waals surface area (Å²) in [6, 6.07) is 10.2. The van der Waals surface area contributed by atoms with Crippen molar-refractivity contribution in [3.05, 3.63) is 48.6 Å². The van der Waals surface area contributed by atoms with E-state index < -0.39 is 0 Å². The molecule has 1 unspecified atom stereocenters. The van der Waals surface area contributed by atoms with Crippen LogP contribution in [0.15, 0.2) is 43.0 Å². The van der Waals surface area contributed by atoms with Crippen molar-refractivity contribution in [3.63, 3.8) is 0 Å². The molecule has 2 amide bonds. The fourth-order valence-corrected chi connectivity index (χ4v) is 3.43. The summed E-state index contributed by atoms with van der Waals surface area (Å²) < 4.78 is 0. The monoisotopic (exact) mass is 328 g/mol. The number of nitrogens with zero attached hydrogens (tertiary/aromatic N) is 2. The molecule has 0 aliphatic carbocycles. The zero-order valence-corrected chi connectivity index (χ0v) is 14.8. The number of carbonyl (C=O) groups is 2. The summed E-state index contributed by atoms with van der Waals surface area (Å²) in [5.74, 6) is -0.0670. The predicted octanol–water partition coefficient (Wildman–Crippen LogP) is 3.24. The summed E-state index contributed by atoms with van der Waals surface area (Å²) in [7, 11) is 0. The Balaban J connectivity index is 2.07. The number of likely N-dealkylation sites (tertiary alicyclic amines) is 1. The minimum absolute atomic E-state index is 0.0561. The van der Waals surface area contributed by atoms with Gasteiger partial charge in [0.25, 0.3) is 0 Å². The van der Waals surface area contributed by atoms with Crippen LogP contribution in [0.1, 0.15) is 38.7 Å². The Morgan fingerprint density at radius 2 is 2.00 bits per heavy atom. The second-order valence-electron chi connectivity index (χ2n) is 6.41. The van der Waals surface area contributed by atoms with E-state index in [0.29, 0.717) is 26.1 Å². The molecule has 1 atom stereocenters. The molecule has 1 aliphatic rings. The van der Waals surface area contributed by atoms with Crippen molar-refractivity contribution in [2.75, 3.05) is 13.1 Å². The van der Waals surface area contributed by atoms with E-state index in [1.54, 1.807) is 11.0 Å². The molecular weight excluding hydrogens is 300 g/mol. The van der Waals surface area contributed by atoms with Crippen LogP contribution in [0.5, 0.6) is 0 Å². The highest BCUT2D eigenvalue weighted by molar-refractivity contribution is 5.89. The Bertz CT molecular complexity index is 566. The Morgan fingerprint density at radius 3 is 2.58 bits per heavy atom. The van der Waals surface area contributed by atoms with Gasteiger partial charge in [0, 0.05) is 32.1 Å². The van der Waals surface area contributed by atoms with Gasteiger partial charge in [0.05, 0.1) is 5.92 Å². The molecule has 4 nitrogen and oxygen atoms in total. The summed E-state index contributed by atoms with van der Waals surface area (Å²) in [6.45, 7) is 9.56. The second kappa shape index (κ2) is 8.67. The van der Waals surface area contributed by atoms with Crippen molar-refractivity contribution in [2.24, 2.45) is 5.92 Å². The van der Waals surface area contributed by atoms with E-state index in [1.165, 1.54) is 0 Å². The zero-order valence-electron chi connectivity index (χ0n) is 14.8. The number of amides is 2. The molecular formula is C20H28N2O2. The third-order valence-electron chi connectivity index (χ3n) is 4.77. The van der Waals surface area contributed by atoms with Gasteiger partial charge in [-0.3, -0.25) is 9.59 Å². The molecule has 1 saturated heterocycles. The molecule has 0 spiro atoms. The van der Waals surface area contributed by atoms with Gasteiger partial charge in [0.15, 0.2) is 0 Å². The highest BCUT2D eigenvalue weighted by Crippen LogP contribution is 2.25. The molecule has 24 heavy (non-hydrogen) atoms. The first kappa shape index (κ1) is 18.2. The minimum atomic E-state index is -0.234. The fraction of sp³-hybridized carbons (Fsp3) is 0.500. The molecule has 0 N–H and O–H groups in total. The molecule has 1 fully saturated rings. The third kappa shape index (κ3) is 4.25. The lowest BCUT2D eigenvalue weighted by Crippen LogP contribution is -2.39. The number of carbonyl (C=O) groups excluding carboxylic acids is 2. The number of hydrogen-bond acceptors (Lipinski definition) is 2. The maximum Gasteiger partial charge on any atom is 0.228 e. The number of rotatable bonds is 8. The van der Waals surface area contributed by atoms with Gasteiger partial charge in [0.1, 0.15) is 0 Å². The van der Waals surface area contributed by atoms with Crippen LogP contribution < -0.4 is 0 Å². The van der Waals surface area contributed by atoms with Gasteiger partial charge in [-0.1, -0.05) is 50.3 Å². The summed E-state index contributed by atoms with van der Waals surface area (Å²) in [4.78, 5) is 29.0. The summed E-state index contributed by atoms with van der Waals surface area (Å²) >= 11 is 0. The van der Waals surface area contributed by atoms with Gasteiger partial charge in [0.2, 0.25) is 11.8 Å². The summed E-state index contributed by atoms with van der Waals surface area (Å²) in [5, 5.41) is 0. The van der Waals surface area contributed by atoms with Crippen LogP contribution in [0.4, 0.5) is 0 Å². The maximum absolute atomic E-state index is 12.9. The lowest BCUT2D eigenvalue weighted by atomic mass is 10.1. The van der Waals surface area contributed by atoms with Crippen molar-refractivity contribution < 1.29 is 9.59 Å². The molecule has 0 radical (unpaired) electrons. The van der Waals surface area contributed by atoms with Crippen LogP contribution in [0.25, 0.3) is 0 Å². The molecule has 1 aliphatic heterocycles. The molecule has 130 valence electrons. The average Bonchev–Trinajstić information content (AvgIpc) is 2.98. The minimum Gasteiger partial charge on any atom is -0.339 e. The average molecular weight is 328 g/mol. The molecule has 1 aromatic rings. The lowest BCUT2D eigenvalue weighted by Gasteiger charge is -2.27. The largest absolute Gasteiger partial charge is 0.339 e. The van der Waals surface area contributed by atoms with Crippen molar-refractivity contribution in [1.82, 2.24) is 9.80 Å². The number of benzene rings is 1. The maximum atomic E-state index is 12.9. The molecule has 4 heteroatoms. The Kier molecular flexibility index (Phi) is 6.59. The standard InChI is InChI=1S/C20H28N2O2/c1-4-12-21(14-16-10-8-7-9-11-16)20(24)17-13-19(23)22(15-17)18(5-2)6-3/h4,7-11,17-18H,1,5-6,12-15H2,2-3H3. The van der Waals surface area contributed by atoms with Gasteiger partial charge in [-0.05, 0) is 18.4 Å². The van der Waals surface area contributed by atoms with Crippen molar-refractivity contribution >= 4 is 11.8 Å². The quantitative estimate of drug-likeness (QED) is 0.687. The third-order valence-corrected chi connectivity index (χ3v) is 4.77. The Labute approximate surface area is 145 Å². The van der Waals surface area contributed by atoms with E-state index in [1.807, 2.05) is 35.2 Å². The van der Waals surface area contributed by atoms with Gasteiger partial charge in [-0.25, -0.2) is 0 Å². The molecule has 2 rings (SSSR count). The topological polar surface area (TPSA) is 40.6 Å². The van der Waals surface area contributed by atoms with E-state index in [2.05, 4.69) is 20.4 Å². The van der Waals surface area contributed by atoms with Gasteiger partial charge in [-0.15, -0.1) is 6.58 Å². The molecule has 1 aromatic carbocycles. The van der Waals surface area contributed by atoms with Crippen LogP contribution >= 0.6 is 0 Å². The van der Waals surface area contributed by atoms with Crippen LogP contribution in [-0.2, 0) is 16.1 Å². The first-order valence-corrected chi connectivity index (χ1v) is 8.83. The lowest BCUT2D eigenvalue weighted by molar-refractivity contribution is -0.136. The first-order valence-electron chi connectivity index (χ1n) is 8.83. The molecule has 0 saturated carbocycles. The predicted molar refractivity (Wildman–Crippen MR) is 96.2 cm³/mol. The van der Waals surface area contributed by atoms with Crippen LogP contribution in [-0.4, -0.2) is 40.7 Å². The molecule has 0 bridgehead atoms. The van der Waals surface area contributed by atoms with E-state index >= 15 is 0 Å². The van der Waals surface area contributed by atoms with E-state index in [9.17, 15) is 9.59 Å². The van der Waals surface area contributed by atoms with E-state index in [4.69, 9.17) is 0 Å². The summed E-state index contributed by atoms with van der Waals surface area (Å²) in [6.07, 6.45) is 3.95. The van der Waals surface area contributed by atoms with E-state index in [-0.39, 0.29) is 23.8 Å². The van der Waals surface area contributed by atoms with Crippen molar-refractivity contribution in [1.29, 1.82) is 0 Å². The van der Waals surface area contributed by atoms with Crippen LogP contribution in [0, 0.1) is 5.92 Å².